The normalized spacial score (nSPS) is 26.3. The lowest BCUT2D eigenvalue weighted by Crippen LogP contribution is -2.60. The molecular formula is C26H27N3O4S. The third kappa shape index (κ3) is 3.09. The smallest absolute Gasteiger partial charge is 0.414 e. The van der Waals surface area contributed by atoms with Gasteiger partial charge in [0.2, 0.25) is 0 Å². The van der Waals surface area contributed by atoms with Crippen LogP contribution in [0.25, 0.3) is 0 Å². The number of aliphatic hydroxyl groups is 1. The van der Waals surface area contributed by atoms with Crippen molar-refractivity contribution in [1.29, 1.82) is 0 Å². The highest BCUT2D eigenvalue weighted by Gasteiger charge is 2.72. The van der Waals surface area contributed by atoms with Crippen molar-refractivity contribution in [2.45, 2.75) is 50.0 Å². The van der Waals surface area contributed by atoms with Gasteiger partial charge in [0.25, 0.3) is 5.91 Å². The maximum absolute atomic E-state index is 14.2. The Morgan fingerprint density at radius 1 is 1.15 bits per heavy atom. The van der Waals surface area contributed by atoms with Crippen LogP contribution in [0.2, 0.25) is 0 Å². The molecule has 0 saturated carbocycles. The van der Waals surface area contributed by atoms with Gasteiger partial charge in [-0.3, -0.25) is 14.7 Å². The average Bonchev–Trinajstić information content (AvgIpc) is 3.47. The van der Waals surface area contributed by atoms with Gasteiger partial charge in [-0.05, 0) is 50.4 Å². The Hall–Kier alpha value is -3.23. The standard InChI is InChI=1S/C26H27N3O4S/c1-24(2,3)33-23(31)29-25(32,21-13-7-8-14-27-21)16-18(20-12-9-15-34-20)26(29)17-10-5-6-11-19(17)28(4)22(26)30/h5-15,18,32H,16H2,1-4H3/t18-,25-,26-/m1/s1. The van der Waals surface area contributed by atoms with E-state index < -0.39 is 28.9 Å². The Labute approximate surface area is 202 Å². The van der Waals surface area contributed by atoms with Crippen molar-refractivity contribution in [3.63, 3.8) is 0 Å². The Kier molecular flexibility index (Phi) is 5.07. The summed E-state index contributed by atoms with van der Waals surface area (Å²) in [5, 5.41) is 14.2. The van der Waals surface area contributed by atoms with Crippen LogP contribution in [-0.2, 0) is 20.8 Å². The number of benzene rings is 1. The molecule has 3 aromatic rings. The lowest BCUT2D eigenvalue weighted by atomic mass is 9.78. The molecule has 7 nitrogen and oxygen atoms in total. The largest absolute Gasteiger partial charge is 0.444 e. The number of rotatable bonds is 2. The molecule has 0 radical (unpaired) electrons. The fraction of sp³-hybridized carbons (Fsp3) is 0.346. The van der Waals surface area contributed by atoms with Crippen molar-refractivity contribution in [2.75, 3.05) is 11.9 Å². The zero-order valence-electron chi connectivity index (χ0n) is 19.6. The van der Waals surface area contributed by atoms with E-state index in [9.17, 15) is 14.7 Å². The molecule has 1 saturated heterocycles. The number of amides is 2. The van der Waals surface area contributed by atoms with Gasteiger partial charge in [0.15, 0.2) is 11.3 Å². The first-order chi connectivity index (χ1) is 16.1. The molecule has 1 fully saturated rings. The Morgan fingerprint density at radius 2 is 1.88 bits per heavy atom. The van der Waals surface area contributed by atoms with Crippen LogP contribution in [0, 0.1) is 0 Å². The number of carbonyl (C=O) groups excluding carboxylic acids is 2. The van der Waals surface area contributed by atoms with Crippen LogP contribution in [0.4, 0.5) is 10.5 Å². The van der Waals surface area contributed by atoms with Gasteiger partial charge < -0.3 is 14.7 Å². The number of thiophene rings is 1. The van der Waals surface area contributed by atoms with Gasteiger partial charge in [-0.2, -0.15) is 0 Å². The molecule has 2 aromatic heterocycles. The molecule has 0 unspecified atom stereocenters. The van der Waals surface area contributed by atoms with E-state index in [2.05, 4.69) is 4.98 Å². The molecule has 3 atom stereocenters. The average molecular weight is 478 g/mol. The van der Waals surface area contributed by atoms with Crippen molar-refractivity contribution in [3.05, 3.63) is 82.3 Å². The number of pyridine rings is 1. The summed E-state index contributed by atoms with van der Waals surface area (Å²) in [6.45, 7) is 5.29. The molecule has 0 bridgehead atoms. The summed E-state index contributed by atoms with van der Waals surface area (Å²) in [5.41, 5.74) is -2.54. The quantitative estimate of drug-likeness (QED) is 0.584. The number of hydrogen-bond acceptors (Lipinski definition) is 6. The van der Waals surface area contributed by atoms with Crippen molar-refractivity contribution in [3.8, 4) is 0 Å². The van der Waals surface area contributed by atoms with Gasteiger partial charge >= 0.3 is 6.09 Å². The maximum atomic E-state index is 14.2. The van der Waals surface area contributed by atoms with Crippen molar-refractivity contribution in [2.24, 2.45) is 0 Å². The van der Waals surface area contributed by atoms with E-state index in [4.69, 9.17) is 4.74 Å². The van der Waals surface area contributed by atoms with Crippen LogP contribution in [0.5, 0.6) is 0 Å². The minimum atomic E-state index is -1.87. The highest BCUT2D eigenvalue weighted by atomic mass is 32.1. The number of aromatic nitrogens is 1. The second-order valence-corrected chi connectivity index (χ2v) is 10.7. The summed E-state index contributed by atoms with van der Waals surface area (Å²) in [6, 6.07) is 16.5. The van der Waals surface area contributed by atoms with Gasteiger partial charge in [-0.1, -0.05) is 30.3 Å². The zero-order chi connectivity index (χ0) is 24.3. The topological polar surface area (TPSA) is 83.0 Å². The number of fused-ring (bicyclic) bond motifs is 2. The van der Waals surface area contributed by atoms with Gasteiger partial charge in [0, 0.05) is 41.7 Å². The summed E-state index contributed by atoms with van der Waals surface area (Å²) in [5.74, 6) is -0.796. The third-order valence-corrected chi connectivity index (χ3v) is 7.55. The van der Waals surface area contributed by atoms with E-state index in [0.29, 0.717) is 16.9 Å². The van der Waals surface area contributed by atoms with Crippen LogP contribution < -0.4 is 4.90 Å². The number of nitrogens with zero attached hydrogens (tertiary/aromatic N) is 3. The van der Waals surface area contributed by atoms with E-state index in [1.165, 1.54) is 16.2 Å². The van der Waals surface area contributed by atoms with Crippen LogP contribution in [-0.4, -0.2) is 39.6 Å². The van der Waals surface area contributed by atoms with Crippen LogP contribution >= 0.6 is 11.3 Å². The number of likely N-dealkylation sites (N-methyl/N-ethyl adjacent to an activating group) is 1. The van der Waals surface area contributed by atoms with Crippen LogP contribution in [0.15, 0.2) is 66.2 Å². The number of ether oxygens (including phenoxy) is 1. The number of anilines is 1. The van der Waals surface area contributed by atoms with E-state index in [0.717, 1.165) is 4.88 Å². The molecule has 34 heavy (non-hydrogen) atoms. The molecule has 4 heterocycles. The van der Waals surface area contributed by atoms with Gasteiger partial charge in [-0.25, -0.2) is 4.79 Å². The number of likely N-dealkylation sites (tertiary alicyclic amines) is 1. The van der Waals surface area contributed by atoms with Crippen molar-refractivity contribution < 1.29 is 19.4 Å². The lowest BCUT2D eigenvalue weighted by Gasteiger charge is -2.42. The molecule has 2 aliphatic heterocycles. The summed E-state index contributed by atoms with van der Waals surface area (Å²) in [6.07, 6.45) is 0.901. The van der Waals surface area contributed by atoms with Gasteiger partial charge in [-0.15, -0.1) is 11.3 Å². The summed E-state index contributed by atoms with van der Waals surface area (Å²) >= 11 is 1.50. The molecule has 8 heteroatoms. The fourth-order valence-corrected chi connectivity index (χ4v) is 6.20. The number of carbonyl (C=O) groups is 2. The van der Waals surface area contributed by atoms with Gasteiger partial charge in [0.05, 0.1) is 5.69 Å². The number of para-hydroxylation sites is 1. The van der Waals surface area contributed by atoms with Crippen molar-refractivity contribution in [1.82, 2.24) is 9.88 Å². The zero-order valence-corrected chi connectivity index (χ0v) is 20.4. The van der Waals surface area contributed by atoms with Crippen LogP contribution in [0.1, 0.15) is 49.2 Å². The second-order valence-electron chi connectivity index (χ2n) is 9.77. The molecular weight excluding hydrogens is 450 g/mol. The Bertz CT molecular complexity index is 1240. The molecule has 5 rings (SSSR count). The molecule has 0 aliphatic carbocycles. The van der Waals surface area contributed by atoms with Crippen LogP contribution in [0.3, 0.4) is 0 Å². The Morgan fingerprint density at radius 3 is 2.53 bits per heavy atom. The van der Waals surface area contributed by atoms with E-state index in [-0.39, 0.29) is 12.3 Å². The lowest BCUT2D eigenvalue weighted by molar-refractivity contribution is -0.147. The first-order valence-electron chi connectivity index (χ1n) is 11.2. The summed E-state index contributed by atoms with van der Waals surface area (Å²) in [4.78, 5) is 36.3. The predicted molar refractivity (Wildman–Crippen MR) is 129 cm³/mol. The highest BCUT2D eigenvalue weighted by molar-refractivity contribution is 7.10. The van der Waals surface area contributed by atoms with Gasteiger partial charge in [0.1, 0.15) is 5.60 Å². The maximum Gasteiger partial charge on any atom is 0.414 e. The van der Waals surface area contributed by atoms with E-state index in [1.807, 2.05) is 41.8 Å². The van der Waals surface area contributed by atoms with E-state index in [1.54, 1.807) is 57.1 Å². The first kappa shape index (κ1) is 22.6. The predicted octanol–water partition coefficient (Wildman–Crippen LogP) is 4.58. The molecule has 1 N–H and O–H groups in total. The summed E-state index contributed by atoms with van der Waals surface area (Å²) < 4.78 is 5.82. The Balaban J connectivity index is 1.84. The van der Waals surface area contributed by atoms with Crippen molar-refractivity contribution >= 4 is 29.0 Å². The highest BCUT2D eigenvalue weighted by Crippen LogP contribution is 2.63. The summed E-state index contributed by atoms with van der Waals surface area (Å²) in [7, 11) is 1.70. The monoisotopic (exact) mass is 477 g/mol. The SMILES string of the molecule is CN1C(=O)[C@@]2(c3ccccc31)[C@@H](c1cccs1)C[C@@](O)(c1ccccn1)N2C(=O)OC(C)(C)C. The molecule has 1 spiro atoms. The van der Waals surface area contributed by atoms with E-state index >= 15 is 0 Å². The number of hydrogen-bond donors (Lipinski definition) is 1. The fourth-order valence-electron chi connectivity index (χ4n) is 5.31. The first-order valence-corrected chi connectivity index (χ1v) is 12.1. The minimum Gasteiger partial charge on any atom is -0.444 e. The third-order valence-electron chi connectivity index (χ3n) is 6.56. The molecule has 2 amide bonds. The second kappa shape index (κ2) is 7.65. The molecule has 176 valence electrons. The molecule has 1 aromatic carbocycles. The minimum absolute atomic E-state index is 0.0949. The molecule has 2 aliphatic rings.